The van der Waals surface area contributed by atoms with Gasteiger partial charge in [-0.1, -0.05) is 47.1 Å². The number of esters is 1. The Morgan fingerprint density at radius 2 is 1.84 bits per heavy atom. The molecule has 2 atom stereocenters. The number of hydrogen-bond donors (Lipinski definition) is 1. The van der Waals surface area contributed by atoms with E-state index in [2.05, 4.69) is 19.2 Å². The largest absolute Gasteiger partial charge is 0.463 e. The van der Waals surface area contributed by atoms with E-state index in [0.29, 0.717) is 31.9 Å². The fourth-order valence-corrected chi connectivity index (χ4v) is 2.76. The van der Waals surface area contributed by atoms with Gasteiger partial charge in [-0.05, 0) is 26.3 Å². The molecule has 0 aromatic heterocycles. The summed E-state index contributed by atoms with van der Waals surface area (Å²) in [5.74, 6) is -0.834. The predicted octanol–water partition coefficient (Wildman–Crippen LogP) is 2.23. The van der Waals surface area contributed by atoms with Crippen LogP contribution in [0, 0.1) is 5.41 Å². The van der Waals surface area contributed by atoms with Gasteiger partial charge >= 0.3 is 5.97 Å². The highest BCUT2D eigenvalue weighted by molar-refractivity contribution is 5.91. The van der Waals surface area contributed by atoms with Crippen molar-refractivity contribution in [3.63, 3.8) is 0 Å². The first-order chi connectivity index (χ1) is 14.4. The molecule has 0 radical (unpaired) electrons. The Hall–Kier alpha value is -1.93. The van der Waals surface area contributed by atoms with Crippen molar-refractivity contribution in [1.82, 2.24) is 15.1 Å². The van der Waals surface area contributed by atoms with Gasteiger partial charge < -0.3 is 19.7 Å². The number of ether oxygens (including phenoxy) is 2. The Morgan fingerprint density at radius 3 is 2.32 bits per heavy atom. The molecule has 2 amide bonds. The molecule has 0 saturated carbocycles. The van der Waals surface area contributed by atoms with E-state index in [-0.39, 0.29) is 18.4 Å². The van der Waals surface area contributed by atoms with Gasteiger partial charge in [0.2, 0.25) is 11.8 Å². The van der Waals surface area contributed by atoms with E-state index < -0.39 is 23.5 Å². The Labute approximate surface area is 188 Å². The third-order valence-electron chi connectivity index (χ3n) is 4.74. The van der Waals surface area contributed by atoms with Gasteiger partial charge in [-0.3, -0.25) is 14.5 Å². The van der Waals surface area contributed by atoms with Crippen molar-refractivity contribution in [3.05, 3.63) is 11.6 Å². The minimum atomic E-state index is -0.698. The Morgan fingerprint density at radius 1 is 1.26 bits per heavy atom. The molecule has 1 aliphatic rings. The number of amides is 2. The highest BCUT2D eigenvalue weighted by atomic mass is 16.5. The molecule has 8 nitrogen and oxygen atoms in total. The van der Waals surface area contributed by atoms with Crippen LogP contribution < -0.4 is 5.32 Å². The fourth-order valence-electron chi connectivity index (χ4n) is 2.76. The Balaban J connectivity index is 0.00000282. The van der Waals surface area contributed by atoms with Crippen LogP contribution in [0.5, 0.6) is 0 Å². The van der Waals surface area contributed by atoms with Gasteiger partial charge in [-0.25, -0.2) is 4.79 Å². The number of morpholine rings is 1. The van der Waals surface area contributed by atoms with Crippen LogP contribution in [-0.2, 0) is 23.9 Å². The van der Waals surface area contributed by atoms with Crippen molar-refractivity contribution < 1.29 is 23.9 Å². The molecule has 0 aromatic rings. The van der Waals surface area contributed by atoms with Crippen LogP contribution >= 0.6 is 0 Å². The molecule has 0 bridgehead atoms. The quantitative estimate of drug-likeness (QED) is 0.481. The van der Waals surface area contributed by atoms with Gasteiger partial charge in [-0.2, -0.15) is 0 Å². The van der Waals surface area contributed by atoms with Crippen LogP contribution in [0.2, 0.25) is 0 Å². The summed E-state index contributed by atoms with van der Waals surface area (Å²) in [6, 6.07) is -1.11. The maximum absolute atomic E-state index is 13.0. The second-order valence-corrected chi connectivity index (χ2v) is 8.91. The number of carbonyl (C=O) groups excluding carboxylic acids is 3. The molecular weight excluding hydrogens is 398 g/mol. The van der Waals surface area contributed by atoms with Gasteiger partial charge in [0.25, 0.3) is 0 Å². The van der Waals surface area contributed by atoms with E-state index in [1.165, 1.54) is 11.3 Å². The zero-order chi connectivity index (χ0) is 24.2. The van der Waals surface area contributed by atoms with E-state index in [0.717, 1.165) is 0 Å². The second kappa shape index (κ2) is 14.2. The molecule has 0 aliphatic carbocycles. The van der Waals surface area contributed by atoms with Crippen molar-refractivity contribution in [2.45, 2.75) is 67.0 Å². The van der Waals surface area contributed by atoms with Crippen molar-refractivity contribution >= 4 is 17.8 Å². The van der Waals surface area contributed by atoms with Crippen molar-refractivity contribution in [3.8, 4) is 0 Å². The normalized spacial score (nSPS) is 18.4. The molecule has 1 aliphatic heterocycles. The summed E-state index contributed by atoms with van der Waals surface area (Å²) in [6.07, 6.45) is 2.90. The lowest BCUT2D eigenvalue weighted by Gasteiger charge is -2.36. The molecule has 1 saturated heterocycles. The van der Waals surface area contributed by atoms with Gasteiger partial charge in [0.15, 0.2) is 0 Å². The van der Waals surface area contributed by atoms with Crippen molar-refractivity contribution in [2.75, 3.05) is 47.0 Å². The minimum Gasteiger partial charge on any atom is -0.463 e. The van der Waals surface area contributed by atoms with E-state index in [4.69, 9.17) is 9.47 Å². The SMILES string of the molecule is CCC.CCOC(=O)/C(C)=C/CN(C)C(=O)C(NC(=O)C1COCCN1C)C(C)(C)C. The monoisotopic (exact) mass is 441 g/mol. The van der Waals surface area contributed by atoms with E-state index in [1.807, 2.05) is 32.7 Å². The molecule has 1 rings (SSSR count). The summed E-state index contributed by atoms with van der Waals surface area (Å²) in [7, 11) is 3.52. The first-order valence-corrected chi connectivity index (χ1v) is 11.1. The summed E-state index contributed by atoms with van der Waals surface area (Å²) in [5, 5.41) is 2.90. The molecule has 180 valence electrons. The molecule has 1 N–H and O–H groups in total. The molecule has 31 heavy (non-hydrogen) atoms. The molecule has 8 heteroatoms. The number of carbonyl (C=O) groups is 3. The topological polar surface area (TPSA) is 88.2 Å². The number of hydrogen-bond acceptors (Lipinski definition) is 6. The third kappa shape index (κ3) is 10.3. The smallest absolute Gasteiger partial charge is 0.333 e. The summed E-state index contributed by atoms with van der Waals surface area (Å²) in [5.41, 5.74) is -0.0338. The van der Waals surface area contributed by atoms with Crippen LogP contribution in [0.15, 0.2) is 11.6 Å². The highest BCUT2D eigenvalue weighted by Gasteiger charge is 2.37. The predicted molar refractivity (Wildman–Crippen MR) is 123 cm³/mol. The first-order valence-electron chi connectivity index (χ1n) is 11.1. The zero-order valence-electron chi connectivity index (χ0n) is 20.9. The second-order valence-electron chi connectivity index (χ2n) is 8.91. The average molecular weight is 442 g/mol. The number of nitrogens with zero attached hydrogens (tertiary/aromatic N) is 2. The van der Waals surface area contributed by atoms with E-state index in [9.17, 15) is 14.4 Å². The first kappa shape index (κ1) is 29.1. The summed E-state index contributed by atoms with van der Waals surface area (Å²) in [4.78, 5) is 40.9. The maximum Gasteiger partial charge on any atom is 0.333 e. The van der Waals surface area contributed by atoms with Crippen LogP contribution in [0.1, 0.15) is 54.9 Å². The zero-order valence-corrected chi connectivity index (χ0v) is 20.9. The van der Waals surface area contributed by atoms with E-state index >= 15 is 0 Å². The lowest BCUT2D eigenvalue weighted by atomic mass is 9.85. The summed E-state index contributed by atoms with van der Waals surface area (Å²) < 4.78 is 10.4. The summed E-state index contributed by atoms with van der Waals surface area (Å²) >= 11 is 0. The maximum atomic E-state index is 13.0. The van der Waals surface area contributed by atoms with Gasteiger partial charge in [0.1, 0.15) is 12.1 Å². The van der Waals surface area contributed by atoms with Crippen LogP contribution in [0.3, 0.4) is 0 Å². The highest BCUT2D eigenvalue weighted by Crippen LogP contribution is 2.21. The van der Waals surface area contributed by atoms with Gasteiger partial charge in [-0.15, -0.1) is 0 Å². The molecule has 1 fully saturated rings. The number of likely N-dealkylation sites (N-methyl/N-ethyl adjacent to an activating group) is 2. The van der Waals surface area contributed by atoms with Crippen LogP contribution in [0.4, 0.5) is 0 Å². The van der Waals surface area contributed by atoms with Crippen molar-refractivity contribution in [2.24, 2.45) is 5.41 Å². The Kier molecular flexibility index (Phi) is 13.3. The number of rotatable bonds is 7. The van der Waals surface area contributed by atoms with E-state index in [1.54, 1.807) is 27.0 Å². The summed E-state index contributed by atoms with van der Waals surface area (Å²) in [6.45, 7) is 15.5. The molecule has 2 unspecified atom stereocenters. The molecule has 0 aromatic carbocycles. The fraction of sp³-hybridized carbons (Fsp3) is 0.783. The van der Waals surface area contributed by atoms with Crippen molar-refractivity contribution in [1.29, 1.82) is 0 Å². The van der Waals surface area contributed by atoms with Crippen LogP contribution in [-0.4, -0.2) is 86.7 Å². The average Bonchev–Trinajstić information content (AvgIpc) is 2.69. The number of nitrogens with one attached hydrogen (secondary N) is 1. The Bertz CT molecular complexity index is 613. The van der Waals surface area contributed by atoms with Gasteiger partial charge in [0, 0.05) is 25.7 Å². The molecule has 0 spiro atoms. The lowest BCUT2D eigenvalue weighted by molar-refractivity contribution is -0.141. The molecular formula is C23H43N3O5. The minimum absolute atomic E-state index is 0.215. The standard InChI is InChI=1S/C20H35N3O5.C3H8/c1-8-28-19(26)14(2)9-10-23(7)18(25)16(20(3,4)5)21-17(24)15-13-27-12-11-22(15)6;1-3-2/h9,15-16H,8,10-13H2,1-7H3,(H,21,24);3H2,1-2H3/b14-9+;. The van der Waals surface area contributed by atoms with Crippen LogP contribution in [0.25, 0.3) is 0 Å². The third-order valence-corrected chi connectivity index (χ3v) is 4.74. The van der Waals surface area contributed by atoms with Gasteiger partial charge in [0.05, 0.1) is 19.8 Å². The lowest BCUT2D eigenvalue weighted by Crippen LogP contribution is -2.59. The molecule has 1 heterocycles.